The second kappa shape index (κ2) is 7.62. The van der Waals surface area contributed by atoms with E-state index in [1.165, 1.54) is 5.56 Å². The van der Waals surface area contributed by atoms with Gasteiger partial charge in [0.2, 0.25) is 0 Å². The summed E-state index contributed by atoms with van der Waals surface area (Å²) in [6.07, 6.45) is 0.969. The van der Waals surface area contributed by atoms with Crippen molar-refractivity contribution in [3.8, 4) is 5.75 Å². The van der Waals surface area contributed by atoms with Gasteiger partial charge in [0.15, 0.2) is 6.10 Å². The lowest BCUT2D eigenvalue weighted by Crippen LogP contribution is -2.33. The molecule has 0 bridgehead atoms. The summed E-state index contributed by atoms with van der Waals surface area (Å²) in [7, 11) is 0. The van der Waals surface area contributed by atoms with Crippen LogP contribution >= 0.6 is 0 Å². The van der Waals surface area contributed by atoms with Crippen molar-refractivity contribution in [2.24, 2.45) is 5.10 Å². The van der Waals surface area contributed by atoms with Crippen LogP contribution in [0.4, 0.5) is 0 Å². The predicted molar refractivity (Wildman–Crippen MR) is 101 cm³/mol. The number of rotatable bonds is 5. The molecule has 0 saturated carbocycles. The minimum Gasteiger partial charge on any atom is -0.481 e. The maximum absolute atomic E-state index is 12.1. The summed E-state index contributed by atoms with van der Waals surface area (Å²) in [6.45, 7) is 3.72. The topological polar surface area (TPSA) is 50.7 Å². The van der Waals surface area contributed by atoms with Crippen molar-refractivity contribution in [2.75, 3.05) is 0 Å². The molecule has 0 fully saturated rings. The van der Waals surface area contributed by atoms with E-state index in [-0.39, 0.29) is 5.91 Å². The first-order valence-corrected chi connectivity index (χ1v) is 8.17. The Morgan fingerprint density at radius 3 is 2.52 bits per heavy atom. The van der Waals surface area contributed by atoms with Gasteiger partial charge in [-0.2, -0.15) is 5.10 Å². The van der Waals surface area contributed by atoms with Crippen LogP contribution < -0.4 is 10.2 Å². The lowest BCUT2D eigenvalue weighted by molar-refractivity contribution is -0.127. The van der Waals surface area contributed by atoms with Gasteiger partial charge in [-0.3, -0.25) is 4.79 Å². The Hall–Kier alpha value is -3.14. The molecule has 0 radical (unpaired) electrons. The van der Waals surface area contributed by atoms with Crippen LogP contribution in [0.15, 0.2) is 71.8 Å². The number of fused-ring (bicyclic) bond motifs is 1. The highest BCUT2D eigenvalue weighted by Crippen LogP contribution is 2.21. The van der Waals surface area contributed by atoms with E-state index in [4.69, 9.17) is 4.74 Å². The van der Waals surface area contributed by atoms with Gasteiger partial charge in [-0.1, -0.05) is 60.2 Å². The first-order chi connectivity index (χ1) is 12.1. The summed E-state index contributed by atoms with van der Waals surface area (Å²) >= 11 is 0. The Balaban J connectivity index is 1.58. The number of aryl methyl sites for hydroxylation is 1. The first-order valence-electron chi connectivity index (χ1n) is 8.17. The Labute approximate surface area is 147 Å². The minimum atomic E-state index is -0.642. The van der Waals surface area contributed by atoms with Gasteiger partial charge in [0.1, 0.15) is 5.75 Å². The molecule has 0 aromatic heterocycles. The number of hydrazone groups is 1. The third kappa shape index (κ3) is 4.44. The highest BCUT2D eigenvalue weighted by Gasteiger charge is 2.14. The van der Waals surface area contributed by atoms with E-state index in [0.29, 0.717) is 5.75 Å². The number of hydrogen-bond acceptors (Lipinski definition) is 3. The van der Waals surface area contributed by atoms with E-state index in [9.17, 15) is 4.79 Å². The van der Waals surface area contributed by atoms with E-state index < -0.39 is 6.10 Å². The van der Waals surface area contributed by atoms with E-state index in [0.717, 1.165) is 16.3 Å². The van der Waals surface area contributed by atoms with Gasteiger partial charge < -0.3 is 4.74 Å². The highest BCUT2D eigenvalue weighted by atomic mass is 16.5. The Morgan fingerprint density at radius 2 is 1.76 bits per heavy atom. The van der Waals surface area contributed by atoms with E-state index >= 15 is 0 Å². The van der Waals surface area contributed by atoms with Crippen LogP contribution in [-0.2, 0) is 4.79 Å². The lowest BCUT2D eigenvalue weighted by Gasteiger charge is -2.13. The SMILES string of the molecule is Cc1ccc(/C=N\NC(=O)[C@H](C)Oc2ccc3ccccc3c2)cc1. The molecule has 4 nitrogen and oxygen atoms in total. The summed E-state index contributed by atoms with van der Waals surface area (Å²) in [5.41, 5.74) is 4.61. The number of nitrogens with one attached hydrogen (secondary N) is 1. The van der Waals surface area contributed by atoms with Crippen LogP contribution in [-0.4, -0.2) is 18.2 Å². The van der Waals surface area contributed by atoms with Crippen LogP contribution in [0.5, 0.6) is 5.75 Å². The van der Waals surface area contributed by atoms with Gasteiger partial charge >= 0.3 is 0 Å². The molecule has 3 rings (SSSR count). The molecule has 3 aromatic rings. The maximum atomic E-state index is 12.1. The molecule has 25 heavy (non-hydrogen) atoms. The fourth-order valence-corrected chi connectivity index (χ4v) is 2.41. The average Bonchev–Trinajstić information content (AvgIpc) is 2.63. The fraction of sp³-hybridized carbons (Fsp3) is 0.143. The van der Waals surface area contributed by atoms with Crippen LogP contribution in [0.1, 0.15) is 18.1 Å². The monoisotopic (exact) mass is 332 g/mol. The van der Waals surface area contributed by atoms with Crippen LogP contribution in [0.25, 0.3) is 10.8 Å². The molecule has 1 N–H and O–H groups in total. The van der Waals surface area contributed by atoms with Crippen molar-refractivity contribution in [1.82, 2.24) is 5.43 Å². The molecule has 0 aliphatic carbocycles. The van der Waals surface area contributed by atoms with Gasteiger partial charge in [0, 0.05) is 0 Å². The smallest absolute Gasteiger partial charge is 0.280 e. The molecular weight excluding hydrogens is 312 g/mol. The van der Waals surface area contributed by atoms with Crippen LogP contribution in [0.2, 0.25) is 0 Å². The second-order valence-electron chi connectivity index (χ2n) is 5.91. The molecule has 126 valence electrons. The average molecular weight is 332 g/mol. The summed E-state index contributed by atoms with van der Waals surface area (Å²) in [5, 5.41) is 6.19. The van der Waals surface area contributed by atoms with E-state index in [2.05, 4.69) is 10.5 Å². The summed E-state index contributed by atoms with van der Waals surface area (Å²) in [5.74, 6) is 0.361. The molecule has 0 unspecified atom stereocenters. The lowest BCUT2D eigenvalue weighted by atomic mass is 10.1. The zero-order chi connectivity index (χ0) is 17.6. The number of carbonyl (C=O) groups is 1. The number of nitrogens with zero attached hydrogens (tertiary/aromatic N) is 1. The summed E-state index contributed by atoms with van der Waals surface area (Å²) in [4.78, 5) is 12.1. The normalized spacial score (nSPS) is 12.2. The molecule has 0 aliphatic heterocycles. The van der Waals surface area contributed by atoms with E-state index in [1.54, 1.807) is 13.1 Å². The largest absolute Gasteiger partial charge is 0.481 e. The molecular formula is C21H20N2O2. The molecule has 0 aliphatic rings. The standard InChI is InChI=1S/C21H20N2O2/c1-15-7-9-17(10-8-15)14-22-23-21(24)16(2)25-20-12-11-18-5-3-4-6-19(18)13-20/h3-14,16H,1-2H3,(H,23,24)/b22-14-/t16-/m0/s1. The molecule has 0 heterocycles. The zero-order valence-corrected chi connectivity index (χ0v) is 14.3. The van der Waals surface area contributed by atoms with Gasteiger partial charge in [0.25, 0.3) is 5.91 Å². The van der Waals surface area contributed by atoms with Crippen molar-refractivity contribution in [3.05, 3.63) is 77.9 Å². The van der Waals surface area contributed by atoms with Crippen molar-refractivity contribution < 1.29 is 9.53 Å². The first kappa shape index (κ1) is 16.7. The maximum Gasteiger partial charge on any atom is 0.280 e. The number of ether oxygens (including phenoxy) is 1. The van der Waals surface area contributed by atoms with Crippen molar-refractivity contribution in [3.63, 3.8) is 0 Å². The predicted octanol–water partition coefficient (Wildman–Crippen LogP) is 4.07. The number of amides is 1. The zero-order valence-electron chi connectivity index (χ0n) is 14.3. The quantitative estimate of drug-likeness (QED) is 0.566. The third-order valence-electron chi connectivity index (χ3n) is 3.87. The van der Waals surface area contributed by atoms with E-state index in [1.807, 2.05) is 73.7 Å². The molecule has 1 atom stereocenters. The highest BCUT2D eigenvalue weighted by molar-refractivity contribution is 5.85. The van der Waals surface area contributed by atoms with Crippen LogP contribution in [0, 0.1) is 6.92 Å². The molecule has 3 aromatic carbocycles. The summed E-state index contributed by atoms with van der Waals surface area (Å²) in [6, 6.07) is 21.7. The molecule has 0 saturated heterocycles. The van der Waals surface area contributed by atoms with Crippen molar-refractivity contribution in [1.29, 1.82) is 0 Å². The van der Waals surface area contributed by atoms with Crippen molar-refractivity contribution >= 4 is 22.9 Å². The second-order valence-corrected chi connectivity index (χ2v) is 5.91. The minimum absolute atomic E-state index is 0.295. The molecule has 4 heteroatoms. The van der Waals surface area contributed by atoms with Crippen molar-refractivity contribution in [2.45, 2.75) is 20.0 Å². The van der Waals surface area contributed by atoms with Gasteiger partial charge in [-0.25, -0.2) is 5.43 Å². The fourth-order valence-electron chi connectivity index (χ4n) is 2.41. The molecule has 1 amide bonds. The third-order valence-corrected chi connectivity index (χ3v) is 3.87. The summed E-state index contributed by atoms with van der Waals surface area (Å²) < 4.78 is 5.72. The van der Waals surface area contributed by atoms with Gasteiger partial charge in [-0.05, 0) is 42.3 Å². The number of carbonyl (C=O) groups excluding carboxylic acids is 1. The number of benzene rings is 3. The Morgan fingerprint density at radius 1 is 1.04 bits per heavy atom. The molecule has 0 spiro atoms. The van der Waals surface area contributed by atoms with Crippen LogP contribution in [0.3, 0.4) is 0 Å². The Kier molecular flexibility index (Phi) is 5.09. The number of hydrogen-bond donors (Lipinski definition) is 1. The van der Waals surface area contributed by atoms with Gasteiger partial charge in [-0.15, -0.1) is 0 Å². The van der Waals surface area contributed by atoms with Gasteiger partial charge in [0.05, 0.1) is 6.21 Å². The Bertz CT molecular complexity index is 901.